The van der Waals surface area contributed by atoms with E-state index < -0.39 is 15.4 Å². The lowest BCUT2D eigenvalue weighted by atomic mass is 9.96. The molecule has 0 unspecified atom stereocenters. The average molecular weight is 355 g/mol. The Hall–Kier alpha value is -1.56. The average Bonchev–Trinajstić information content (AvgIpc) is 2.48. The van der Waals surface area contributed by atoms with E-state index in [4.69, 9.17) is 0 Å². The first-order chi connectivity index (χ1) is 11.0. The maximum atomic E-state index is 12.4. The van der Waals surface area contributed by atoms with Crippen LogP contribution in [0.25, 0.3) is 0 Å². The quantitative estimate of drug-likeness (QED) is 0.819. The zero-order valence-electron chi connectivity index (χ0n) is 15.6. The van der Waals surface area contributed by atoms with Crippen LogP contribution >= 0.6 is 0 Å². The lowest BCUT2D eigenvalue weighted by Gasteiger charge is -2.28. The van der Waals surface area contributed by atoms with Gasteiger partial charge in [-0.15, -0.1) is 0 Å². The lowest BCUT2D eigenvalue weighted by molar-refractivity contribution is -0.128. The van der Waals surface area contributed by atoms with Crippen molar-refractivity contribution < 1.29 is 13.2 Å². The first-order valence-electron chi connectivity index (χ1n) is 8.39. The molecule has 0 saturated heterocycles. The lowest BCUT2D eigenvalue weighted by Crippen LogP contribution is -2.42. The molecule has 6 heteroatoms. The van der Waals surface area contributed by atoms with Crippen LogP contribution in [0.3, 0.4) is 0 Å². The van der Waals surface area contributed by atoms with E-state index in [0.29, 0.717) is 0 Å². The van der Waals surface area contributed by atoms with Gasteiger partial charge in [0.1, 0.15) is 0 Å². The molecule has 0 aliphatic heterocycles. The van der Waals surface area contributed by atoms with Gasteiger partial charge in [-0.1, -0.05) is 52.8 Å². The van der Waals surface area contributed by atoms with Gasteiger partial charge >= 0.3 is 0 Å². The van der Waals surface area contributed by atoms with E-state index in [1.165, 1.54) is 10.6 Å². The van der Waals surface area contributed by atoms with E-state index in [9.17, 15) is 13.2 Å². The second-order valence-corrected chi connectivity index (χ2v) is 8.88. The molecule has 0 atom stereocenters. The number of carbonyl (C=O) groups is 1. The maximum Gasteiger partial charge on any atom is 0.232 e. The monoisotopic (exact) mass is 354 g/mol. The van der Waals surface area contributed by atoms with Gasteiger partial charge in [0.05, 0.1) is 18.5 Å². The highest BCUT2D eigenvalue weighted by molar-refractivity contribution is 7.92. The van der Waals surface area contributed by atoms with Gasteiger partial charge in [-0.05, 0) is 24.0 Å². The number of para-hydroxylation sites is 1. The van der Waals surface area contributed by atoms with Crippen LogP contribution in [-0.2, 0) is 27.7 Å². The highest BCUT2D eigenvalue weighted by atomic mass is 32.2. The second kappa shape index (κ2) is 8.01. The van der Waals surface area contributed by atoms with Crippen molar-refractivity contribution in [3.8, 4) is 0 Å². The largest absolute Gasteiger partial charge is 0.354 e. The van der Waals surface area contributed by atoms with E-state index >= 15 is 0 Å². The predicted octanol–water partition coefficient (Wildman–Crippen LogP) is 2.74. The van der Waals surface area contributed by atoms with Crippen LogP contribution in [0.1, 0.15) is 45.7 Å². The summed E-state index contributed by atoms with van der Waals surface area (Å²) in [6.07, 6.45) is 2.72. The van der Waals surface area contributed by atoms with Crippen LogP contribution in [0, 0.1) is 5.41 Å². The number of sulfonamides is 1. The van der Waals surface area contributed by atoms with Gasteiger partial charge in [-0.2, -0.15) is 0 Å². The number of aryl methyl sites for hydroxylation is 2. The molecule has 5 nitrogen and oxygen atoms in total. The minimum atomic E-state index is -3.43. The summed E-state index contributed by atoms with van der Waals surface area (Å²) in [7, 11) is -3.43. The Balaban J connectivity index is 3.11. The third-order valence-electron chi connectivity index (χ3n) is 3.90. The van der Waals surface area contributed by atoms with Crippen molar-refractivity contribution in [3.05, 3.63) is 29.3 Å². The van der Waals surface area contributed by atoms with Gasteiger partial charge in [0.25, 0.3) is 0 Å². The molecule has 0 aliphatic carbocycles. The van der Waals surface area contributed by atoms with E-state index in [1.54, 1.807) is 0 Å². The summed E-state index contributed by atoms with van der Waals surface area (Å²) in [5.41, 5.74) is 2.27. The number of rotatable bonds is 7. The van der Waals surface area contributed by atoms with Crippen LogP contribution in [0.4, 0.5) is 5.69 Å². The Kier molecular flexibility index (Phi) is 6.84. The molecule has 0 fully saturated rings. The summed E-state index contributed by atoms with van der Waals surface area (Å²) in [6, 6.07) is 5.88. The first kappa shape index (κ1) is 20.5. The number of carbonyl (C=O) groups excluding carboxylic acids is 1. The molecule has 1 aromatic rings. The molecular formula is C18H30N2O3S. The van der Waals surface area contributed by atoms with Crippen molar-refractivity contribution in [1.29, 1.82) is 0 Å². The molecule has 1 aromatic carbocycles. The molecule has 0 bridgehead atoms. The minimum absolute atomic E-state index is 0.0876. The summed E-state index contributed by atoms with van der Waals surface area (Å²) in [5, 5.41) is 2.82. The highest BCUT2D eigenvalue weighted by Crippen LogP contribution is 2.28. The van der Waals surface area contributed by atoms with Gasteiger partial charge in [0, 0.05) is 12.0 Å². The number of hydrogen-bond donors (Lipinski definition) is 1. The van der Waals surface area contributed by atoms with Crippen molar-refractivity contribution in [2.75, 3.05) is 23.7 Å². The number of nitrogens with zero attached hydrogens (tertiary/aromatic N) is 1. The fraction of sp³-hybridized carbons (Fsp3) is 0.611. The molecule has 0 aromatic heterocycles. The molecule has 0 radical (unpaired) electrons. The molecule has 24 heavy (non-hydrogen) atoms. The summed E-state index contributed by atoms with van der Waals surface area (Å²) in [4.78, 5) is 12.0. The maximum absolute atomic E-state index is 12.4. The Morgan fingerprint density at radius 2 is 1.62 bits per heavy atom. The van der Waals surface area contributed by atoms with Crippen molar-refractivity contribution >= 4 is 21.6 Å². The molecule has 0 heterocycles. The molecule has 1 N–H and O–H groups in total. The van der Waals surface area contributed by atoms with E-state index in [0.717, 1.165) is 29.7 Å². The number of amides is 1. The molecule has 136 valence electrons. The predicted molar refractivity (Wildman–Crippen MR) is 99.9 cm³/mol. The third-order valence-corrected chi connectivity index (χ3v) is 5.06. The molecular weight excluding hydrogens is 324 g/mol. The topological polar surface area (TPSA) is 66.5 Å². The van der Waals surface area contributed by atoms with Crippen molar-refractivity contribution in [2.24, 2.45) is 5.41 Å². The van der Waals surface area contributed by atoms with Crippen molar-refractivity contribution in [2.45, 2.75) is 47.5 Å². The van der Waals surface area contributed by atoms with Crippen molar-refractivity contribution in [3.63, 3.8) is 0 Å². The molecule has 1 amide bonds. The standard InChI is InChI=1S/C18H30N2O3S/c1-7-14-10-9-11-15(8-2)16(14)20(24(6,22)23)13-12-19-17(21)18(3,4)5/h9-11H,7-8,12-13H2,1-6H3,(H,19,21). The summed E-state index contributed by atoms with van der Waals surface area (Å²) < 4.78 is 26.1. The number of hydrogen-bond acceptors (Lipinski definition) is 3. The van der Waals surface area contributed by atoms with Gasteiger partial charge in [-0.3, -0.25) is 9.10 Å². The van der Waals surface area contributed by atoms with Gasteiger partial charge in [0.15, 0.2) is 0 Å². The van der Waals surface area contributed by atoms with Crippen LogP contribution < -0.4 is 9.62 Å². The summed E-state index contributed by atoms with van der Waals surface area (Å²) >= 11 is 0. The van der Waals surface area contributed by atoms with Gasteiger partial charge in [-0.25, -0.2) is 8.42 Å². The fourth-order valence-corrected chi connectivity index (χ4v) is 3.50. The van der Waals surface area contributed by atoms with E-state index in [-0.39, 0.29) is 19.0 Å². The molecule has 0 saturated carbocycles. The highest BCUT2D eigenvalue weighted by Gasteiger charge is 2.24. The Labute approximate surface area is 146 Å². The number of nitrogens with one attached hydrogen (secondary N) is 1. The molecule has 0 spiro atoms. The van der Waals surface area contributed by atoms with Gasteiger partial charge in [0.2, 0.25) is 15.9 Å². The molecule has 1 rings (SSSR count). The van der Waals surface area contributed by atoms with Crippen LogP contribution in [0.5, 0.6) is 0 Å². The minimum Gasteiger partial charge on any atom is -0.354 e. The van der Waals surface area contributed by atoms with Crippen LogP contribution in [0.15, 0.2) is 18.2 Å². The fourth-order valence-electron chi connectivity index (χ4n) is 2.52. The smallest absolute Gasteiger partial charge is 0.232 e. The van der Waals surface area contributed by atoms with Crippen LogP contribution in [-0.4, -0.2) is 33.7 Å². The Morgan fingerprint density at radius 1 is 1.12 bits per heavy atom. The second-order valence-electron chi connectivity index (χ2n) is 6.97. The van der Waals surface area contributed by atoms with E-state index in [1.807, 2.05) is 52.8 Å². The zero-order chi connectivity index (χ0) is 18.5. The van der Waals surface area contributed by atoms with E-state index in [2.05, 4.69) is 5.32 Å². The normalized spacial score (nSPS) is 12.1. The third kappa shape index (κ3) is 5.23. The Bertz CT molecular complexity index is 654. The number of anilines is 1. The van der Waals surface area contributed by atoms with Crippen LogP contribution in [0.2, 0.25) is 0 Å². The first-order valence-corrected chi connectivity index (χ1v) is 10.2. The Morgan fingerprint density at radius 3 is 2.00 bits per heavy atom. The summed E-state index contributed by atoms with van der Waals surface area (Å²) in [6.45, 7) is 10.0. The summed E-state index contributed by atoms with van der Waals surface area (Å²) in [5.74, 6) is -0.0876. The van der Waals surface area contributed by atoms with Crippen molar-refractivity contribution in [1.82, 2.24) is 5.32 Å². The van der Waals surface area contributed by atoms with Gasteiger partial charge < -0.3 is 5.32 Å². The molecule has 0 aliphatic rings. The number of benzene rings is 1. The zero-order valence-corrected chi connectivity index (χ0v) is 16.5. The SMILES string of the molecule is CCc1cccc(CC)c1N(CCNC(=O)C(C)(C)C)S(C)(=O)=O.